The molecule has 0 amide bonds. The molecule has 0 aliphatic heterocycles. The number of carbonyl (C=O) groups excluding carboxylic acids is 1. The van der Waals surface area contributed by atoms with Crippen LogP contribution in [-0.2, 0) is 9.53 Å². The molecule has 0 radical (unpaired) electrons. The first kappa shape index (κ1) is 21.0. The van der Waals surface area contributed by atoms with Gasteiger partial charge in [-0.25, -0.2) is 0 Å². The minimum absolute atomic E-state index is 0.232. The first-order valence-electron chi connectivity index (χ1n) is 11.3. The molecule has 1 unspecified atom stereocenters. The average Bonchev–Trinajstić information content (AvgIpc) is 2.86. The molecule has 0 aliphatic rings. The second-order valence-electron chi connectivity index (χ2n) is 8.59. The summed E-state index contributed by atoms with van der Waals surface area (Å²) in [5, 5.41) is 4.44. The van der Waals surface area contributed by atoms with E-state index in [1.165, 1.54) is 5.56 Å². The number of carbonyl (C=O) groups is 1. The SMILES string of the molecule is Cc1ccc(C(C)C(=O)OC(c2cccc3ccccc23)c2cccc3ccccc23)cc1. The van der Waals surface area contributed by atoms with Crippen LogP contribution in [0.5, 0.6) is 0 Å². The number of aryl methyl sites for hydroxylation is 1. The molecule has 2 nitrogen and oxygen atoms in total. The van der Waals surface area contributed by atoms with Crippen molar-refractivity contribution in [3.63, 3.8) is 0 Å². The number of ether oxygens (including phenoxy) is 1. The van der Waals surface area contributed by atoms with Crippen molar-refractivity contribution in [2.75, 3.05) is 0 Å². The molecule has 2 heteroatoms. The lowest BCUT2D eigenvalue weighted by atomic mass is 9.92. The summed E-state index contributed by atoms with van der Waals surface area (Å²) in [6.45, 7) is 3.96. The van der Waals surface area contributed by atoms with Crippen LogP contribution in [0.2, 0.25) is 0 Å². The van der Waals surface area contributed by atoms with Crippen molar-refractivity contribution < 1.29 is 9.53 Å². The van der Waals surface area contributed by atoms with Crippen molar-refractivity contribution in [2.24, 2.45) is 0 Å². The molecular weight excluding hydrogens is 404 g/mol. The highest BCUT2D eigenvalue weighted by Gasteiger charge is 2.26. The highest BCUT2D eigenvalue weighted by molar-refractivity contribution is 5.90. The van der Waals surface area contributed by atoms with Gasteiger partial charge in [0.15, 0.2) is 6.10 Å². The van der Waals surface area contributed by atoms with Gasteiger partial charge >= 0.3 is 5.97 Å². The van der Waals surface area contributed by atoms with Crippen LogP contribution in [0.1, 0.15) is 41.2 Å². The molecule has 0 aromatic heterocycles. The summed E-state index contributed by atoms with van der Waals surface area (Å²) >= 11 is 0. The fourth-order valence-corrected chi connectivity index (χ4v) is 4.46. The van der Waals surface area contributed by atoms with Crippen molar-refractivity contribution in [3.05, 3.63) is 131 Å². The van der Waals surface area contributed by atoms with E-state index in [2.05, 4.69) is 48.5 Å². The molecule has 5 aromatic carbocycles. The summed E-state index contributed by atoms with van der Waals surface area (Å²) in [4.78, 5) is 13.4. The van der Waals surface area contributed by atoms with E-state index in [0.717, 1.165) is 38.2 Å². The van der Waals surface area contributed by atoms with E-state index in [1.807, 2.05) is 74.5 Å². The summed E-state index contributed by atoms with van der Waals surface area (Å²) in [5.41, 5.74) is 4.12. The molecule has 0 N–H and O–H groups in total. The summed E-state index contributed by atoms with van der Waals surface area (Å²) < 4.78 is 6.35. The minimum atomic E-state index is -0.511. The van der Waals surface area contributed by atoms with Gasteiger partial charge in [0.25, 0.3) is 0 Å². The zero-order valence-electron chi connectivity index (χ0n) is 18.9. The molecule has 0 bridgehead atoms. The highest BCUT2D eigenvalue weighted by Crippen LogP contribution is 2.36. The quantitative estimate of drug-likeness (QED) is 0.267. The molecule has 0 heterocycles. The van der Waals surface area contributed by atoms with Crippen LogP contribution in [-0.4, -0.2) is 5.97 Å². The van der Waals surface area contributed by atoms with E-state index in [9.17, 15) is 4.79 Å². The Hall–Kier alpha value is -3.91. The predicted molar refractivity (Wildman–Crippen MR) is 135 cm³/mol. The van der Waals surface area contributed by atoms with Gasteiger partial charge in [0.1, 0.15) is 0 Å². The number of esters is 1. The van der Waals surface area contributed by atoms with Crippen LogP contribution in [0.25, 0.3) is 21.5 Å². The third kappa shape index (κ3) is 4.12. The summed E-state index contributed by atoms with van der Waals surface area (Å²) in [6, 6.07) is 37.0. The zero-order valence-corrected chi connectivity index (χ0v) is 18.9. The van der Waals surface area contributed by atoms with Gasteiger partial charge < -0.3 is 4.74 Å². The smallest absolute Gasteiger partial charge is 0.314 e. The second-order valence-corrected chi connectivity index (χ2v) is 8.59. The number of hydrogen-bond acceptors (Lipinski definition) is 2. The maximum atomic E-state index is 13.4. The number of hydrogen-bond donors (Lipinski definition) is 0. The highest BCUT2D eigenvalue weighted by atomic mass is 16.5. The molecule has 33 heavy (non-hydrogen) atoms. The Balaban J connectivity index is 1.63. The molecule has 0 saturated heterocycles. The first-order chi connectivity index (χ1) is 16.1. The number of benzene rings is 5. The maximum absolute atomic E-state index is 13.4. The van der Waals surface area contributed by atoms with Crippen LogP contribution < -0.4 is 0 Å². The van der Waals surface area contributed by atoms with Crippen molar-refractivity contribution in [3.8, 4) is 0 Å². The van der Waals surface area contributed by atoms with Gasteiger partial charge in [0.05, 0.1) is 5.92 Å². The fraction of sp³-hybridized carbons (Fsp3) is 0.129. The van der Waals surface area contributed by atoms with Gasteiger partial charge in [-0.05, 0) is 41.0 Å². The zero-order chi connectivity index (χ0) is 22.8. The minimum Gasteiger partial charge on any atom is -0.452 e. The molecule has 0 aliphatic carbocycles. The Bertz CT molecular complexity index is 1340. The van der Waals surface area contributed by atoms with Gasteiger partial charge in [-0.3, -0.25) is 4.79 Å². The average molecular weight is 431 g/mol. The number of rotatable bonds is 5. The van der Waals surface area contributed by atoms with E-state index in [0.29, 0.717) is 0 Å². The van der Waals surface area contributed by atoms with E-state index < -0.39 is 6.10 Å². The Morgan fingerprint density at radius 2 is 1.12 bits per heavy atom. The molecule has 5 rings (SSSR count). The van der Waals surface area contributed by atoms with E-state index in [1.54, 1.807) is 0 Å². The van der Waals surface area contributed by atoms with Crippen molar-refractivity contribution >= 4 is 27.5 Å². The molecule has 1 atom stereocenters. The Morgan fingerprint density at radius 1 is 0.636 bits per heavy atom. The summed E-state index contributed by atoms with van der Waals surface area (Å²) in [5.74, 6) is -0.595. The number of fused-ring (bicyclic) bond motifs is 2. The van der Waals surface area contributed by atoms with Crippen LogP contribution in [0.3, 0.4) is 0 Å². The molecule has 5 aromatic rings. The molecule has 162 valence electrons. The largest absolute Gasteiger partial charge is 0.452 e. The fourth-order valence-electron chi connectivity index (χ4n) is 4.46. The van der Waals surface area contributed by atoms with Gasteiger partial charge in [-0.2, -0.15) is 0 Å². The van der Waals surface area contributed by atoms with E-state index >= 15 is 0 Å². The van der Waals surface area contributed by atoms with Gasteiger partial charge in [-0.1, -0.05) is 115 Å². The summed E-state index contributed by atoms with van der Waals surface area (Å²) in [7, 11) is 0. The van der Waals surface area contributed by atoms with E-state index in [4.69, 9.17) is 4.74 Å². The van der Waals surface area contributed by atoms with Gasteiger partial charge in [0.2, 0.25) is 0 Å². The van der Waals surface area contributed by atoms with Crippen molar-refractivity contribution in [2.45, 2.75) is 25.9 Å². The molecule has 0 spiro atoms. The maximum Gasteiger partial charge on any atom is 0.314 e. The first-order valence-corrected chi connectivity index (χ1v) is 11.3. The van der Waals surface area contributed by atoms with Crippen molar-refractivity contribution in [1.29, 1.82) is 0 Å². The lowest BCUT2D eigenvalue weighted by Crippen LogP contribution is -2.18. The third-order valence-electron chi connectivity index (χ3n) is 6.38. The van der Waals surface area contributed by atoms with Crippen LogP contribution in [0, 0.1) is 6.92 Å². The summed E-state index contributed by atoms with van der Waals surface area (Å²) in [6.07, 6.45) is -0.511. The van der Waals surface area contributed by atoms with Gasteiger partial charge in [-0.15, -0.1) is 0 Å². The molecule has 0 fully saturated rings. The topological polar surface area (TPSA) is 26.3 Å². The van der Waals surface area contributed by atoms with Crippen LogP contribution in [0.15, 0.2) is 109 Å². The molecular formula is C31H26O2. The lowest BCUT2D eigenvalue weighted by molar-refractivity contribution is -0.148. The third-order valence-corrected chi connectivity index (χ3v) is 6.38. The molecule has 0 saturated carbocycles. The normalized spacial score (nSPS) is 12.2. The standard InChI is InChI=1S/C31H26O2/c1-21-17-19-23(20-18-21)22(2)31(32)33-30(28-15-7-11-24-9-3-5-13-26(24)28)29-16-8-12-25-10-4-6-14-27(25)29/h3-20,22,30H,1-2H3. The monoisotopic (exact) mass is 430 g/mol. The van der Waals surface area contributed by atoms with Crippen LogP contribution >= 0.6 is 0 Å². The van der Waals surface area contributed by atoms with E-state index in [-0.39, 0.29) is 11.9 Å². The van der Waals surface area contributed by atoms with Gasteiger partial charge in [0, 0.05) is 11.1 Å². The Labute approximate surface area is 194 Å². The predicted octanol–water partition coefficient (Wildman–Crippen LogP) is 7.74. The van der Waals surface area contributed by atoms with Crippen molar-refractivity contribution in [1.82, 2.24) is 0 Å². The second kappa shape index (κ2) is 8.91. The Morgan fingerprint density at radius 3 is 1.67 bits per heavy atom. The van der Waals surface area contributed by atoms with Crippen LogP contribution in [0.4, 0.5) is 0 Å². The Kier molecular flexibility index (Phi) is 5.66. The lowest BCUT2D eigenvalue weighted by Gasteiger charge is -2.24.